The Kier molecular flexibility index (Phi) is 32.4. The quantitative estimate of drug-likeness (QED) is 0.0353. The highest BCUT2D eigenvalue weighted by Crippen LogP contribution is 2.52. The van der Waals surface area contributed by atoms with E-state index in [1.165, 1.54) is 146 Å². The van der Waals surface area contributed by atoms with Crippen molar-refractivity contribution in [2.45, 2.75) is 218 Å². The Morgan fingerprint density at radius 1 is 0.237 bits per heavy atom. The van der Waals surface area contributed by atoms with E-state index in [2.05, 4.69) is 505 Å². The standard InChI is InChI=1S/C47H50N2O.C42H46N2O2.C41H46N2/c1-9-35(5)40-21-19-39(20-22-40)31-50-47-24-23-44(28-38(47)8)49(43-18-12-15-34(4)27-43)46-30-36(6)45(29-37(46)7)48(41-16-10-13-32(2)25-41)42-17-11-14-33(3)26-42;1-10-31(6)42(45)46-37-25-40(43(35-15-11-13-27(2)21-35)38-23-29(4)17-19-32(38)7)34(9)41(26-37)44(36-16-12-14-28(3)22-36)39-24-30(5)18-20-33(39)8;1-10-31(6)35-25-40(42(36-15-11-13-27(2)21-36)38-23-29(4)17-19-32(38)7)34(9)41(26-35)43(37-16-12-14-28(3)22-37)39-24-30(5)18-20-33(39)8/h10-30,35H,9,31H2,1-8H3;11-26,31H,10H2,1-9H3;11-26,31H,10H2,1-9H3. The van der Waals surface area contributed by atoms with Crippen molar-refractivity contribution in [2.75, 3.05) is 29.4 Å². The maximum Gasteiger partial charge on any atom is 0.314 e. The summed E-state index contributed by atoms with van der Waals surface area (Å²) in [6.45, 7) is 57.1. The predicted octanol–water partition coefficient (Wildman–Crippen LogP) is 37.6. The second kappa shape index (κ2) is 44.8. The van der Waals surface area contributed by atoms with Gasteiger partial charge in [-0.15, -0.1) is 0 Å². The number of rotatable bonds is 28. The van der Waals surface area contributed by atoms with E-state index >= 15 is 0 Å². The van der Waals surface area contributed by atoms with E-state index < -0.39 is 0 Å². The van der Waals surface area contributed by atoms with Gasteiger partial charge in [0.15, 0.2) is 0 Å². The van der Waals surface area contributed by atoms with Crippen molar-refractivity contribution in [3.63, 3.8) is 0 Å². The molecule has 0 bridgehead atoms. The van der Waals surface area contributed by atoms with E-state index in [0.717, 1.165) is 103 Å². The summed E-state index contributed by atoms with van der Waals surface area (Å²) in [4.78, 5) is 27.7. The smallest absolute Gasteiger partial charge is 0.314 e. The van der Waals surface area contributed by atoms with E-state index in [-0.39, 0.29) is 11.9 Å². The number of anilines is 18. The predicted molar refractivity (Wildman–Crippen MR) is 595 cm³/mol. The highest BCUT2D eigenvalue weighted by molar-refractivity contribution is 5.93. The van der Waals surface area contributed by atoms with Crippen LogP contribution in [0.1, 0.15) is 201 Å². The number of carbonyl (C=O) groups is 1. The summed E-state index contributed by atoms with van der Waals surface area (Å²) < 4.78 is 12.6. The van der Waals surface area contributed by atoms with Crippen molar-refractivity contribution in [2.24, 2.45) is 5.92 Å². The molecule has 0 aliphatic carbocycles. The van der Waals surface area contributed by atoms with Crippen LogP contribution in [0.3, 0.4) is 0 Å². The normalized spacial score (nSPS) is 11.7. The third kappa shape index (κ3) is 23.7. The van der Waals surface area contributed by atoms with Gasteiger partial charge >= 0.3 is 5.97 Å². The van der Waals surface area contributed by atoms with E-state index in [4.69, 9.17) is 9.47 Å². The van der Waals surface area contributed by atoms with Crippen LogP contribution in [0, 0.1) is 144 Å². The van der Waals surface area contributed by atoms with Crippen molar-refractivity contribution in [3.8, 4) is 11.5 Å². The Balaban J connectivity index is 0.000000167. The highest BCUT2D eigenvalue weighted by Gasteiger charge is 2.31. The molecule has 9 nitrogen and oxygen atoms in total. The summed E-state index contributed by atoms with van der Waals surface area (Å²) in [5.41, 5.74) is 48.2. The largest absolute Gasteiger partial charge is 0.489 e. The monoisotopic (exact) mass is 1840 g/mol. The average molecular weight is 1840 g/mol. The molecule has 16 aromatic rings. The van der Waals surface area contributed by atoms with Crippen LogP contribution >= 0.6 is 0 Å². The van der Waals surface area contributed by atoms with Gasteiger partial charge < -0.3 is 38.9 Å². The van der Waals surface area contributed by atoms with Crippen LogP contribution in [0.25, 0.3) is 0 Å². The molecule has 0 fully saturated rings. The molecular formula is C130H142N6O3. The van der Waals surface area contributed by atoms with E-state index in [1.54, 1.807) is 0 Å². The third-order valence-corrected chi connectivity index (χ3v) is 27.3. The van der Waals surface area contributed by atoms with Gasteiger partial charge in [-0.1, -0.05) is 199 Å². The minimum absolute atomic E-state index is 0.216. The van der Waals surface area contributed by atoms with E-state index in [0.29, 0.717) is 30.6 Å². The Morgan fingerprint density at radius 3 is 0.799 bits per heavy atom. The lowest BCUT2D eigenvalue weighted by atomic mass is 9.93. The molecule has 139 heavy (non-hydrogen) atoms. The van der Waals surface area contributed by atoms with Crippen LogP contribution in [0.5, 0.6) is 11.5 Å². The van der Waals surface area contributed by atoms with Crippen molar-refractivity contribution < 1.29 is 14.3 Å². The maximum absolute atomic E-state index is 13.3. The number of carbonyl (C=O) groups excluding carboxylic acids is 1. The van der Waals surface area contributed by atoms with Gasteiger partial charge in [-0.25, -0.2) is 0 Å². The van der Waals surface area contributed by atoms with Gasteiger partial charge in [-0.3, -0.25) is 4.79 Å². The molecule has 0 saturated heterocycles. The lowest BCUT2D eigenvalue weighted by Crippen LogP contribution is -2.20. The van der Waals surface area contributed by atoms with Crippen molar-refractivity contribution in [3.05, 3.63) is 449 Å². The molecule has 0 heterocycles. The minimum atomic E-state index is -0.231. The second-order valence-electron chi connectivity index (χ2n) is 39.1. The van der Waals surface area contributed by atoms with Gasteiger partial charge in [-0.05, 0) is 449 Å². The molecule has 0 amide bonds. The fourth-order valence-electron chi connectivity index (χ4n) is 18.5. The molecule has 0 radical (unpaired) electrons. The number of hydrogen-bond acceptors (Lipinski definition) is 9. The van der Waals surface area contributed by atoms with Gasteiger partial charge in [0.25, 0.3) is 0 Å². The number of nitrogens with zero attached hydrogens (tertiary/aromatic N) is 6. The highest BCUT2D eigenvalue weighted by atomic mass is 16.5. The molecule has 710 valence electrons. The van der Waals surface area contributed by atoms with Crippen molar-refractivity contribution in [1.29, 1.82) is 0 Å². The molecule has 16 rings (SSSR count). The molecule has 3 atom stereocenters. The fourth-order valence-corrected chi connectivity index (χ4v) is 18.5. The van der Waals surface area contributed by atoms with E-state index in [9.17, 15) is 4.79 Å². The van der Waals surface area contributed by atoms with Gasteiger partial charge in [-0.2, -0.15) is 0 Å². The zero-order chi connectivity index (χ0) is 99.3. The molecule has 0 aliphatic rings. The average Bonchev–Trinajstić information content (AvgIpc) is 0.756. The molecule has 0 saturated carbocycles. The number of hydrogen-bond donors (Lipinski definition) is 0. The number of benzene rings is 16. The van der Waals surface area contributed by atoms with Gasteiger partial charge in [0.05, 0.1) is 28.7 Å². The van der Waals surface area contributed by atoms with Crippen LogP contribution in [-0.2, 0) is 11.4 Å². The summed E-state index contributed by atoms with van der Waals surface area (Å²) in [6.07, 6.45) is 2.92. The first-order valence-electron chi connectivity index (χ1n) is 49.7. The zero-order valence-corrected chi connectivity index (χ0v) is 87.1. The van der Waals surface area contributed by atoms with Crippen LogP contribution in [0.4, 0.5) is 102 Å². The summed E-state index contributed by atoms with van der Waals surface area (Å²) in [6, 6.07) is 117. The molecule has 16 aromatic carbocycles. The Labute approximate surface area is 831 Å². The second-order valence-corrected chi connectivity index (χ2v) is 39.1. The first-order chi connectivity index (χ1) is 66.6. The van der Waals surface area contributed by atoms with Crippen molar-refractivity contribution >= 4 is 108 Å². The molecule has 9 heteroatoms. The Morgan fingerprint density at radius 2 is 0.511 bits per heavy atom. The molecule has 0 aromatic heterocycles. The topological polar surface area (TPSA) is 55.0 Å². The van der Waals surface area contributed by atoms with Gasteiger partial charge in [0.1, 0.15) is 18.1 Å². The van der Waals surface area contributed by atoms with Gasteiger partial charge in [0.2, 0.25) is 0 Å². The number of esters is 1. The first kappa shape index (κ1) is 101. The van der Waals surface area contributed by atoms with Crippen LogP contribution in [0.15, 0.2) is 322 Å². The molecule has 0 aliphatic heterocycles. The molecule has 3 unspecified atom stereocenters. The SMILES string of the molecule is CCC(C)C(=O)Oc1cc(N(c2cccc(C)c2)c2cc(C)ccc2C)c(C)c(N(c2cccc(C)c2)c2cc(C)ccc2C)c1.CCC(C)c1cc(N(c2cccc(C)c2)c2cc(C)ccc2C)c(C)c(N(c2cccc(C)c2)c2cc(C)ccc2C)c1.CCC(C)c1ccc(COc2ccc(N(c3cccc(C)c3)c3cc(C)c(N(c4cccc(C)c4)c4cccc(C)c4)cc3C)cc2C)cc1. The molecule has 0 spiro atoms. The maximum atomic E-state index is 13.3. The minimum Gasteiger partial charge on any atom is -0.489 e. The first-order valence-corrected chi connectivity index (χ1v) is 49.7. The third-order valence-electron chi connectivity index (χ3n) is 27.3. The zero-order valence-electron chi connectivity index (χ0n) is 87.1. The van der Waals surface area contributed by atoms with Crippen molar-refractivity contribution in [1.82, 2.24) is 0 Å². The lowest BCUT2D eigenvalue weighted by molar-refractivity contribution is -0.138. The summed E-state index contributed by atoms with van der Waals surface area (Å²) in [5, 5.41) is 0. The summed E-state index contributed by atoms with van der Waals surface area (Å²) in [5.74, 6) is 1.96. The Hall–Kier alpha value is -14.4. The summed E-state index contributed by atoms with van der Waals surface area (Å²) >= 11 is 0. The molecule has 0 N–H and O–H groups in total. The molecular weight excluding hydrogens is 1690 g/mol. The van der Waals surface area contributed by atoms with Crippen LogP contribution < -0.4 is 38.9 Å². The number of ether oxygens (including phenoxy) is 2. The lowest BCUT2D eigenvalue weighted by Gasteiger charge is -2.34. The summed E-state index contributed by atoms with van der Waals surface area (Å²) in [7, 11) is 0. The van der Waals surface area contributed by atoms with Crippen LogP contribution in [0.2, 0.25) is 0 Å². The van der Waals surface area contributed by atoms with Crippen LogP contribution in [-0.4, -0.2) is 5.97 Å². The Bertz CT molecular complexity index is 6790. The van der Waals surface area contributed by atoms with E-state index in [1.807, 2.05) is 26.0 Å². The fraction of sp³-hybridized carbons (Fsp3) is 0.254. The number of aryl methyl sites for hydroxylation is 18. The van der Waals surface area contributed by atoms with Gasteiger partial charge in [0, 0.05) is 91.8 Å².